The van der Waals surface area contributed by atoms with Crippen LogP contribution in [0.5, 0.6) is 0 Å². The Hall–Kier alpha value is -1.41. The molecule has 0 aromatic heterocycles. The van der Waals surface area contributed by atoms with Gasteiger partial charge >= 0.3 is 11.9 Å². The fourth-order valence-corrected chi connectivity index (χ4v) is 4.51. The van der Waals surface area contributed by atoms with E-state index >= 15 is 0 Å². The average Bonchev–Trinajstić information content (AvgIpc) is 2.81. The van der Waals surface area contributed by atoms with Gasteiger partial charge in [-0.15, -0.1) is 0 Å². The van der Waals surface area contributed by atoms with Crippen molar-refractivity contribution in [2.75, 3.05) is 13.2 Å². The first-order chi connectivity index (χ1) is 16.8. The lowest BCUT2D eigenvalue weighted by Gasteiger charge is -2.12. The van der Waals surface area contributed by atoms with Gasteiger partial charge in [0.05, 0.1) is 13.0 Å². The standard InChI is InChI=1S/C27H50O7S/c1-3-5-7-8-9-10-11-12-13-14-15-16-17-18-19-20-21-23-33-26(28)24-25(35(30,31)32)27(29)34-22-6-4-2/h4,6,25H,3,5,7-24H2,1-2H3,(H,30,31,32)/b6-4+. The zero-order valence-electron chi connectivity index (χ0n) is 22.2. The minimum absolute atomic E-state index is 0.129. The maximum atomic E-state index is 11.9. The Morgan fingerprint density at radius 2 is 1.17 bits per heavy atom. The van der Waals surface area contributed by atoms with Crippen molar-refractivity contribution in [3.05, 3.63) is 12.2 Å². The van der Waals surface area contributed by atoms with Crippen LogP contribution in [0.4, 0.5) is 0 Å². The molecule has 0 aliphatic carbocycles. The Kier molecular flexibility index (Phi) is 22.1. The molecule has 0 fully saturated rings. The van der Waals surface area contributed by atoms with Crippen molar-refractivity contribution in [3.8, 4) is 0 Å². The van der Waals surface area contributed by atoms with Crippen molar-refractivity contribution in [3.63, 3.8) is 0 Å². The van der Waals surface area contributed by atoms with Crippen LogP contribution in [0.1, 0.15) is 129 Å². The van der Waals surface area contributed by atoms with Gasteiger partial charge in [-0.2, -0.15) is 8.42 Å². The van der Waals surface area contributed by atoms with E-state index in [1.165, 1.54) is 89.5 Å². The monoisotopic (exact) mass is 518 g/mol. The zero-order chi connectivity index (χ0) is 26.2. The largest absolute Gasteiger partial charge is 0.466 e. The lowest BCUT2D eigenvalue weighted by Crippen LogP contribution is -2.34. The van der Waals surface area contributed by atoms with Crippen LogP contribution in [0.15, 0.2) is 12.2 Å². The lowest BCUT2D eigenvalue weighted by atomic mass is 10.0. The molecule has 7 nitrogen and oxygen atoms in total. The summed E-state index contributed by atoms with van der Waals surface area (Å²) in [6.45, 7) is 4.01. The van der Waals surface area contributed by atoms with E-state index in [2.05, 4.69) is 6.92 Å². The van der Waals surface area contributed by atoms with Crippen LogP contribution >= 0.6 is 0 Å². The highest BCUT2D eigenvalue weighted by Gasteiger charge is 2.35. The number of esters is 2. The van der Waals surface area contributed by atoms with Crippen LogP contribution in [-0.4, -0.2) is 43.4 Å². The Bertz CT molecular complexity index is 658. The summed E-state index contributed by atoms with van der Waals surface area (Å²) in [6, 6.07) is 0. The van der Waals surface area contributed by atoms with Crippen LogP contribution in [0.2, 0.25) is 0 Å². The van der Waals surface area contributed by atoms with Gasteiger partial charge in [0.2, 0.25) is 0 Å². The van der Waals surface area contributed by atoms with E-state index in [1.807, 2.05) is 0 Å². The summed E-state index contributed by atoms with van der Waals surface area (Å²) in [6.07, 6.45) is 23.8. The molecule has 1 atom stereocenters. The number of allylic oxidation sites excluding steroid dienone is 1. The first-order valence-electron chi connectivity index (χ1n) is 13.7. The summed E-state index contributed by atoms with van der Waals surface area (Å²) >= 11 is 0. The van der Waals surface area contributed by atoms with Crippen molar-refractivity contribution in [2.24, 2.45) is 0 Å². The Morgan fingerprint density at radius 1 is 0.743 bits per heavy atom. The van der Waals surface area contributed by atoms with Gasteiger partial charge in [0.25, 0.3) is 10.1 Å². The van der Waals surface area contributed by atoms with Gasteiger partial charge in [-0.3, -0.25) is 14.1 Å². The molecular weight excluding hydrogens is 468 g/mol. The Labute approximate surface area is 214 Å². The normalized spacial score (nSPS) is 12.7. The molecule has 0 saturated carbocycles. The predicted octanol–water partition coefficient (Wildman–Crippen LogP) is 6.95. The summed E-state index contributed by atoms with van der Waals surface area (Å²) in [5, 5.41) is -1.96. The van der Waals surface area contributed by atoms with E-state index in [9.17, 15) is 22.6 Å². The lowest BCUT2D eigenvalue weighted by molar-refractivity contribution is -0.149. The highest BCUT2D eigenvalue weighted by molar-refractivity contribution is 7.87. The van der Waals surface area contributed by atoms with Crippen molar-refractivity contribution in [1.82, 2.24) is 0 Å². The molecule has 0 saturated heterocycles. The number of unbranched alkanes of at least 4 members (excludes halogenated alkanes) is 16. The summed E-state index contributed by atoms with van der Waals surface area (Å²) in [5.74, 6) is -2.01. The second-order valence-corrected chi connectivity index (χ2v) is 10.9. The van der Waals surface area contributed by atoms with Gasteiger partial charge in [0, 0.05) is 0 Å². The summed E-state index contributed by atoms with van der Waals surface area (Å²) < 4.78 is 41.8. The number of rotatable bonds is 24. The van der Waals surface area contributed by atoms with Crippen molar-refractivity contribution >= 4 is 22.1 Å². The molecule has 35 heavy (non-hydrogen) atoms. The molecule has 0 heterocycles. The zero-order valence-corrected chi connectivity index (χ0v) is 23.0. The third-order valence-corrected chi connectivity index (χ3v) is 7.12. The third kappa shape index (κ3) is 21.6. The number of carbonyl (C=O) groups is 2. The van der Waals surface area contributed by atoms with Crippen LogP contribution in [0, 0.1) is 0 Å². The first-order valence-corrected chi connectivity index (χ1v) is 15.2. The Balaban J connectivity index is 3.64. The quantitative estimate of drug-likeness (QED) is 0.0637. The van der Waals surface area contributed by atoms with Crippen molar-refractivity contribution in [2.45, 2.75) is 135 Å². The molecule has 0 spiro atoms. The molecule has 0 aromatic carbocycles. The molecule has 0 aliphatic heterocycles. The fraction of sp³-hybridized carbons (Fsp3) is 0.852. The van der Waals surface area contributed by atoms with Crippen molar-refractivity contribution in [1.29, 1.82) is 0 Å². The smallest absolute Gasteiger partial charge is 0.327 e. The molecule has 8 heteroatoms. The number of carbonyl (C=O) groups excluding carboxylic acids is 2. The summed E-state index contributed by atoms with van der Waals surface area (Å²) in [7, 11) is -4.76. The minimum Gasteiger partial charge on any atom is -0.466 e. The highest BCUT2D eigenvalue weighted by atomic mass is 32.2. The Morgan fingerprint density at radius 3 is 1.57 bits per heavy atom. The van der Waals surface area contributed by atoms with Crippen LogP contribution in [0.25, 0.3) is 0 Å². The topological polar surface area (TPSA) is 107 Å². The average molecular weight is 519 g/mol. The maximum absolute atomic E-state index is 11.9. The SMILES string of the molecule is C/C=C/COC(=O)C(CC(=O)OCCCCCCCCCCCCCCCCCCC)S(=O)(=O)O. The number of ether oxygens (including phenoxy) is 2. The molecule has 0 bridgehead atoms. The molecule has 1 unspecified atom stereocenters. The van der Waals surface area contributed by atoms with Crippen molar-refractivity contribution < 1.29 is 32.0 Å². The van der Waals surface area contributed by atoms with Gasteiger partial charge in [0.15, 0.2) is 5.25 Å². The van der Waals surface area contributed by atoms with Gasteiger partial charge in [-0.25, -0.2) is 0 Å². The van der Waals surface area contributed by atoms with E-state index in [4.69, 9.17) is 9.47 Å². The minimum atomic E-state index is -4.76. The van der Waals surface area contributed by atoms with Gasteiger partial charge < -0.3 is 9.47 Å². The predicted molar refractivity (Wildman–Crippen MR) is 141 cm³/mol. The van der Waals surface area contributed by atoms with E-state index < -0.39 is 33.7 Å². The van der Waals surface area contributed by atoms with Gasteiger partial charge in [-0.05, 0) is 13.3 Å². The maximum Gasteiger partial charge on any atom is 0.327 e. The molecule has 0 aliphatic rings. The van der Waals surface area contributed by atoms with Crippen LogP contribution in [-0.2, 0) is 29.2 Å². The summed E-state index contributed by atoms with van der Waals surface area (Å²) in [5.41, 5.74) is 0. The second-order valence-electron chi connectivity index (χ2n) is 9.28. The van der Waals surface area contributed by atoms with Crippen LogP contribution in [0.3, 0.4) is 0 Å². The molecular formula is C27H50O7S. The molecule has 0 rings (SSSR count). The first kappa shape index (κ1) is 33.6. The molecule has 0 aromatic rings. The second kappa shape index (κ2) is 23.0. The van der Waals surface area contributed by atoms with E-state index in [0.29, 0.717) is 6.42 Å². The fourth-order valence-electron chi connectivity index (χ4n) is 3.85. The number of hydrogen-bond donors (Lipinski definition) is 1. The highest BCUT2D eigenvalue weighted by Crippen LogP contribution is 2.14. The third-order valence-electron chi connectivity index (χ3n) is 6.04. The summed E-state index contributed by atoms with van der Waals surface area (Å²) in [4.78, 5) is 23.7. The molecule has 0 radical (unpaired) electrons. The van der Waals surface area contributed by atoms with Gasteiger partial charge in [0.1, 0.15) is 6.61 Å². The van der Waals surface area contributed by atoms with E-state index in [-0.39, 0.29) is 13.2 Å². The number of hydrogen-bond acceptors (Lipinski definition) is 6. The van der Waals surface area contributed by atoms with Gasteiger partial charge in [-0.1, -0.05) is 122 Å². The van der Waals surface area contributed by atoms with Crippen LogP contribution < -0.4 is 0 Å². The van der Waals surface area contributed by atoms with E-state index in [0.717, 1.165) is 19.3 Å². The molecule has 0 amide bonds. The molecule has 1 N–H and O–H groups in total. The van der Waals surface area contributed by atoms with E-state index in [1.54, 1.807) is 13.0 Å². The molecule has 206 valence electrons.